The van der Waals surface area contributed by atoms with Crippen LogP contribution in [0.3, 0.4) is 0 Å². The minimum atomic E-state index is -1.49. The van der Waals surface area contributed by atoms with Crippen LogP contribution in [0.2, 0.25) is 5.02 Å². The molecular formula is C30H26ClN3O4. The monoisotopic (exact) mass is 527 g/mol. The van der Waals surface area contributed by atoms with E-state index in [1.807, 2.05) is 61.5 Å². The van der Waals surface area contributed by atoms with Crippen molar-refractivity contribution in [1.82, 2.24) is 9.80 Å². The number of fused-ring (bicyclic) bond motifs is 3. The van der Waals surface area contributed by atoms with Gasteiger partial charge in [0, 0.05) is 5.02 Å². The molecule has 3 aliphatic rings. The summed E-state index contributed by atoms with van der Waals surface area (Å²) in [6.45, 7) is 3.85. The summed E-state index contributed by atoms with van der Waals surface area (Å²) in [5.41, 5.74) is 1.35. The van der Waals surface area contributed by atoms with Gasteiger partial charge in [-0.3, -0.25) is 19.3 Å². The molecule has 192 valence electrons. The molecule has 0 saturated carbocycles. The number of nitrogens with zero attached hydrogens (tertiary/aromatic N) is 3. The lowest BCUT2D eigenvalue weighted by Gasteiger charge is -2.34. The number of hydrogen-bond donors (Lipinski definition) is 0. The highest BCUT2D eigenvalue weighted by Crippen LogP contribution is 2.60. The first-order chi connectivity index (χ1) is 18.3. The van der Waals surface area contributed by atoms with Crippen LogP contribution in [0, 0.1) is 18.8 Å². The summed E-state index contributed by atoms with van der Waals surface area (Å²) < 4.78 is 0. The molecule has 3 saturated heterocycles. The Morgan fingerprint density at radius 3 is 2.29 bits per heavy atom. The zero-order chi connectivity index (χ0) is 26.8. The average molecular weight is 528 g/mol. The maximum absolute atomic E-state index is 14.3. The second kappa shape index (κ2) is 8.81. The molecule has 3 aliphatic heterocycles. The van der Waals surface area contributed by atoms with Gasteiger partial charge < -0.3 is 4.90 Å². The molecule has 3 fully saturated rings. The van der Waals surface area contributed by atoms with Gasteiger partial charge in [0.05, 0.1) is 30.1 Å². The van der Waals surface area contributed by atoms with Crippen LogP contribution in [-0.4, -0.2) is 39.1 Å². The van der Waals surface area contributed by atoms with E-state index < -0.39 is 41.3 Å². The molecule has 5 amide bonds. The Kier molecular flexibility index (Phi) is 5.65. The van der Waals surface area contributed by atoms with Crippen LogP contribution in [-0.2, 0) is 20.9 Å². The summed E-state index contributed by atoms with van der Waals surface area (Å²) in [6, 6.07) is 22.1. The lowest BCUT2D eigenvalue weighted by molar-refractivity contribution is -0.145. The quantitative estimate of drug-likeness (QED) is 0.341. The van der Waals surface area contributed by atoms with Crippen molar-refractivity contribution < 1.29 is 19.2 Å². The van der Waals surface area contributed by atoms with Gasteiger partial charge in [0.2, 0.25) is 11.8 Å². The van der Waals surface area contributed by atoms with Crippen molar-refractivity contribution in [2.75, 3.05) is 4.90 Å². The van der Waals surface area contributed by atoms with Crippen molar-refractivity contribution >= 4 is 41.0 Å². The third-order valence-corrected chi connectivity index (χ3v) is 8.38. The number of carbonyl (C=O) groups is 4. The molecular weight excluding hydrogens is 502 g/mol. The van der Waals surface area contributed by atoms with E-state index >= 15 is 0 Å². The zero-order valence-electron chi connectivity index (χ0n) is 21.0. The highest BCUT2D eigenvalue weighted by Gasteiger charge is 2.76. The summed E-state index contributed by atoms with van der Waals surface area (Å²) in [6.07, 6.45) is 0.191. The summed E-state index contributed by atoms with van der Waals surface area (Å²) >= 11 is 6.21. The fraction of sp³-hybridized carbons (Fsp3) is 0.267. The molecule has 4 atom stereocenters. The molecule has 38 heavy (non-hydrogen) atoms. The van der Waals surface area contributed by atoms with Gasteiger partial charge in [-0.2, -0.15) is 0 Å². The molecule has 7 nitrogen and oxygen atoms in total. The van der Waals surface area contributed by atoms with Crippen LogP contribution in [0.1, 0.15) is 36.1 Å². The highest BCUT2D eigenvalue weighted by molar-refractivity contribution is 6.32. The second-order valence-corrected chi connectivity index (χ2v) is 10.6. The first-order valence-corrected chi connectivity index (χ1v) is 13.1. The number of halogens is 1. The average Bonchev–Trinajstić information content (AvgIpc) is 3.44. The molecule has 8 heteroatoms. The number of hydrogen-bond acceptors (Lipinski definition) is 4. The molecule has 0 aliphatic carbocycles. The van der Waals surface area contributed by atoms with E-state index in [-0.39, 0.29) is 18.9 Å². The first-order valence-electron chi connectivity index (χ1n) is 12.7. The van der Waals surface area contributed by atoms with E-state index in [0.717, 1.165) is 21.6 Å². The molecule has 0 unspecified atom stereocenters. The number of rotatable bonds is 5. The third-order valence-electron chi connectivity index (χ3n) is 8.15. The fourth-order valence-electron chi connectivity index (χ4n) is 6.56. The van der Waals surface area contributed by atoms with Crippen LogP contribution < -0.4 is 4.90 Å². The normalized spacial score (nSPS) is 26.4. The van der Waals surface area contributed by atoms with E-state index in [1.54, 1.807) is 31.2 Å². The van der Waals surface area contributed by atoms with Crippen molar-refractivity contribution in [1.29, 1.82) is 0 Å². The summed E-state index contributed by atoms with van der Waals surface area (Å²) in [5, 5.41) is 0.384. The molecule has 3 aromatic carbocycles. The van der Waals surface area contributed by atoms with Crippen LogP contribution >= 0.6 is 11.6 Å². The Morgan fingerprint density at radius 2 is 1.61 bits per heavy atom. The largest absolute Gasteiger partial charge is 0.332 e. The Labute approximate surface area is 225 Å². The molecule has 6 rings (SSSR count). The van der Waals surface area contributed by atoms with E-state index in [0.29, 0.717) is 10.7 Å². The molecule has 0 radical (unpaired) electrons. The van der Waals surface area contributed by atoms with Crippen molar-refractivity contribution in [3.8, 4) is 0 Å². The van der Waals surface area contributed by atoms with Crippen LogP contribution in [0.5, 0.6) is 0 Å². The van der Waals surface area contributed by atoms with Gasteiger partial charge in [-0.15, -0.1) is 0 Å². The maximum Gasteiger partial charge on any atom is 0.332 e. The SMILES string of the molecule is CC[C@@]12C(=O)N(c3cccc(Cl)c3)C(=O)N1[C@H](c1cccc(C)c1)[C@@H]1C(=O)N(Cc3ccccc3)C(=O)[C@@H]12. The lowest BCUT2D eigenvalue weighted by Crippen LogP contribution is -2.53. The van der Waals surface area contributed by atoms with Crippen LogP contribution in [0.15, 0.2) is 78.9 Å². The predicted octanol–water partition coefficient (Wildman–Crippen LogP) is 5.12. The van der Waals surface area contributed by atoms with Gasteiger partial charge in [0.15, 0.2) is 0 Å². The molecule has 0 N–H and O–H groups in total. The summed E-state index contributed by atoms with van der Waals surface area (Å²) in [7, 11) is 0. The molecule has 0 bridgehead atoms. The Bertz CT molecular complexity index is 1490. The second-order valence-electron chi connectivity index (χ2n) is 10.2. The number of anilines is 1. The third kappa shape index (κ3) is 3.28. The smallest absolute Gasteiger partial charge is 0.300 e. The molecule has 0 aromatic heterocycles. The fourth-order valence-corrected chi connectivity index (χ4v) is 6.75. The van der Waals surface area contributed by atoms with Crippen molar-refractivity contribution in [3.05, 3.63) is 101 Å². The van der Waals surface area contributed by atoms with E-state index in [1.165, 1.54) is 9.80 Å². The number of benzene rings is 3. The Morgan fingerprint density at radius 1 is 0.868 bits per heavy atom. The van der Waals surface area contributed by atoms with Gasteiger partial charge in [0.25, 0.3) is 5.91 Å². The zero-order valence-corrected chi connectivity index (χ0v) is 21.8. The predicted molar refractivity (Wildman–Crippen MR) is 142 cm³/mol. The van der Waals surface area contributed by atoms with Gasteiger partial charge >= 0.3 is 6.03 Å². The van der Waals surface area contributed by atoms with Crippen LogP contribution in [0.25, 0.3) is 0 Å². The van der Waals surface area contributed by atoms with Gasteiger partial charge in [-0.05, 0) is 42.7 Å². The molecule has 3 heterocycles. The standard InChI is InChI=1S/C30H26ClN3O4/c1-3-30-24-23(26(35)32(27(24)36)17-19-10-5-4-6-11-19)25(20-12-7-9-18(2)15-20)34(30)29(38)33(28(30)37)22-14-8-13-21(31)16-22/h4-16,23-25H,3,17H2,1-2H3/t23-,24-,25-,30-/m1/s1. The number of urea groups is 1. The lowest BCUT2D eigenvalue weighted by atomic mass is 9.77. The van der Waals surface area contributed by atoms with Crippen molar-refractivity contribution in [2.45, 2.75) is 38.4 Å². The minimum absolute atomic E-state index is 0.117. The Hall–Kier alpha value is -3.97. The number of likely N-dealkylation sites (tertiary alicyclic amines) is 1. The molecule has 0 spiro atoms. The van der Waals surface area contributed by atoms with Gasteiger partial charge in [-0.25, -0.2) is 9.69 Å². The van der Waals surface area contributed by atoms with Crippen molar-refractivity contribution in [2.24, 2.45) is 11.8 Å². The summed E-state index contributed by atoms with van der Waals surface area (Å²) in [5.74, 6) is -3.12. The van der Waals surface area contributed by atoms with E-state index in [2.05, 4.69) is 0 Å². The van der Waals surface area contributed by atoms with Gasteiger partial charge in [0.1, 0.15) is 5.54 Å². The van der Waals surface area contributed by atoms with Gasteiger partial charge in [-0.1, -0.05) is 84.8 Å². The summed E-state index contributed by atoms with van der Waals surface area (Å²) in [4.78, 5) is 60.4. The highest BCUT2D eigenvalue weighted by atomic mass is 35.5. The minimum Gasteiger partial charge on any atom is -0.300 e. The van der Waals surface area contributed by atoms with E-state index in [9.17, 15) is 19.2 Å². The van der Waals surface area contributed by atoms with Crippen LogP contribution in [0.4, 0.5) is 10.5 Å². The number of imide groups is 2. The van der Waals surface area contributed by atoms with E-state index in [4.69, 9.17) is 11.6 Å². The Balaban J connectivity index is 1.53. The number of aryl methyl sites for hydroxylation is 1. The topological polar surface area (TPSA) is 78.0 Å². The van der Waals surface area contributed by atoms with Crippen molar-refractivity contribution in [3.63, 3.8) is 0 Å². The number of carbonyl (C=O) groups excluding carboxylic acids is 4. The molecule has 3 aromatic rings. The number of amides is 5. The maximum atomic E-state index is 14.3. The first kappa shape index (κ1) is 24.4.